The van der Waals surface area contributed by atoms with E-state index in [1.165, 1.54) is 36.4 Å². The molecule has 1 fully saturated rings. The molecule has 0 saturated carbocycles. The predicted octanol–water partition coefficient (Wildman–Crippen LogP) is 4.94. The molecule has 4 amide bonds. The maximum atomic E-state index is 13.0. The number of urea groups is 1. The molecule has 0 aliphatic carbocycles. The second kappa shape index (κ2) is 10.0. The maximum Gasteiger partial charge on any atom is 0.335 e. The Hall–Kier alpha value is -4.14. The molecule has 0 unspecified atom stereocenters. The predicted molar refractivity (Wildman–Crippen MR) is 130 cm³/mol. The molecule has 10 heteroatoms. The summed E-state index contributed by atoms with van der Waals surface area (Å²) in [7, 11) is 0. The van der Waals surface area contributed by atoms with Gasteiger partial charge in [0, 0.05) is 5.02 Å². The van der Waals surface area contributed by atoms with Crippen molar-refractivity contribution >= 4 is 58.8 Å². The average Bonchev–Trinajstić information content (AvgIpc) is 2.81. The lowest BCUT2D eigenvalue weighted by Gasteiger charge is -2.26. The van der Waals surface area contributed by atoms with Crippen LogP contribution in [0.5, 0.6) is 5.75 Å². The number of carbonyl (C=O) groups is 4. The highest BCUT2D eigenvalue weighted by Crippen LogP contribution is 2.29. The first-order valence-electron chi connectivity index (χ1n) is 10.1. The van der Waals surface area contributed by atoms with E-state index >= 15 is 0 Å². The molecule has 1 heterocycles. The molecule has 0 atom stereocenters. The summed E-state index contributed by atoms with van der Waals surface area (Å²) in [5.41, 5.74) is 1.08. The molecule has 0 radical (unpaired) electrons. The largest absolute Gasteiger partial charge is 0.487 e. The Bertz CT molecular complexity index is 1380. The van der Waals surface area contributed by atoms with Gasteiger partial charge in [-0.1, -0.05) is 41.4 Å². The quantitative estimate of drug-likeness (QED) is 0.358. The fourth-order valence-electron chi connectivity index (χ4n) is 3.32. The number of aromatic carboxylic acids is 1. The fraction of sp³-hybridized carbons (Fsp3) is 0.0400. The maximum absolute atomic E-state index is 13.0. The molecule has 0 bridgehead atoms. The number of carboxylic acids is 1. The van der Waals surface area contributed by atoms with Gasteiger partial charge < -0.3 is 9.84 Å². The second-order valence-corrected chi connectivity index (χ2v) is 8.26. The third-order valence-electron chi connectivity index (χ3n) is 5.02. The van der Waals surface area contributed by atoms with E-state index < -0.39 is 23.8 Å². The molecular formula is C25H16Cl2N2O6. The second-order valence-electron chi connectivity index (χ2n) is 7.42. The van der Waals surface area contributed by atoms with E-state index in [1.54, 1.807) is 30.3 Å². The van der Waals surface area contributed by atoms with Crippen LogP contribution in [0.25, 0.3) is 6.08 Å². The molecule has 2 N–H and O–H groups in total. The van der Waals surface area contributed by atoms with Crippen molar-refractivity contribution in [3.8, 4) is 5.75 Å². The van der Waals surface area contributed by atoms with Gasteiger partial charge in [0.05, 0.1) is 16.3 Å². The zero-order valence-electron chi connectivity index (χ0n) is 17.8. The van der Waals surface area contributed by atoms with Crippen LogP contribution < -0.4 is 15.0 Å². The van der Waals surface area contributed by atoms with E-state index in [-0.39, 0.29) is 28.5 Å². The molecule has 3 aromatic carbocycles. The number of imide groups is 2. The molecule has 1 aliphatic heterocycles. The number of carboxylic acid groups (broad SMARTS) is 1. The normalized spacial score (nSPS) is 14.7. The van der Waals surface area contributed by atoms with Crippen LogP contribution in [0.1, 0.15) is 21.5 Å². The van der Waals surface area contributed by atoms with Gasteiger partial charge in [0.2, 0.25) is 0 Å². The Morgan fingerprint density at radius 3 is 2.40 bits per heavy atom. The van der Waals surface area contributed by atoms with Crippen molar-refractivity contribution in [2.45, 2.75) is 6.61 Å². The molecule has 176 valence electrons. The lowest BCUT2D eigenvalue weighted by molar-refractivity contribution is -0.122. The first-order valence-corrected chi connectivity index (χ1v) is 10.9. The van der Waals surface area contributed by atoms with Gasteiger partial charge >= 0.3 is 12.0 Å². The Morgan fingerprint density at radius 1 is 1.00 bits per heavy atom. The molecule has 1 aliphatic rings. The number of carbonyl (C=O) groups excluding carboxylic acids is 3. The molecule has 4 rings (SSSR count). The highest BCUT2D eigenvalue weighted by atomic mass is 35.5. The first kappa shape index (κ1) is 24.0. The number of amides is 4. The van der Waals surface area contributed by atoms with Crippen LogP contribution in [-0.4, -0.2) is 28.9 Å². The fourth-order valence-corrected chi connectivity index (χ4v) is 3.78. The van der Waals surface area contributed by atoms with Crippen molar-refractivity contribution in [3.63, 3.8) is 0 Å². The molecular weight excluding hydrogens is 495 g/mol. The van der Waals surface area contributed by atoms with Crippen LogP contribution in [-0.2, 0) is 16.2 Å². The summed E-state index contributed by atoms with van der Waals surface area (Å²) in [4.78, 5) is 49.5. The van der Waals surface area contributed by atoms with Gasteiger partial charge in [-0.2, -0.15) is 0 Å². The number of rotatable bonds is 6. The van der Waals surface area contributed by atoms with Crippen molar-refractivity contribution in [2.75, 3.05) is 4.90 Å². The standard InChI is InChI=1S/C25H16Cl2N2O6/c26-17-3-1-2-15(10-17)13-35-21-9-4-14(12-20(21)27)11-19-22(30)28-25(34)29(23(19)31)18-7-5-16(6-8-18)24(32)33/h1-12H,13H2,(H,32,33)(H,28,30,34)/b19-11+. The van der Waals surface area contributed by atoms with Gasteiger partial charge in [0.15, 0.2) is 0 Å². The SMILES string of the molecule is O=C1NC(=O)N(c2ccc(C(=O)O)cc2)C(=O)/C1=C/c1ccc(OCc2cccc(Cl)c2)c(Cl)c1. The Morgan fingerprint density at radius 2 is 1.74 bits per heavy atom. The number of ether oxygens (including phenoxy) is 1. The van der Waals surface area contributed by atoms with E-state index in [4.69, 9.17) is 33.0 Å². The summed E-state index contributed by atoms with van der Waals surface area (Å²) >= 11 is 12.3. The number of hydrogen-bond donors (Lipinski definition) is 2. The smallest absolute Gasteiger partial charge is 0.335 e. The van der Waals surface area contributed by atoms with E-state index in [9.17, 15) is 19.2 Å². The van der Waals surface area contributed by atoms with Crippen LogP contribution in [0.3, 0.4) is 0 Å². The number of nitrogens with one attached hydrogen (secondary N) is 1. The number of anilines is 1. The molecule has 0 aromatic heterocycles. The minimum atomic E-state index is -1.15. The van der Waals surface area contributed by atoms with Crippen LogP contribution in [0.15, 0.2) is 72.3 Å². The molecule has 3 aromatic rings. The monoisotopic (exact) mass is 510 g/mol. The summed E-state index contributed by atoms with van der Waals surface area (Å²) in [6.45, 7) is 0.235. The van der Waals surface area contributed by atoms with Gasteiger partial charge in [0.1, 0.15) is 17.9 Å². The van der Waals surface area contributed by atoms with Gasteiger partial charge in [-0.3, -0.25) is 14.9 Å². The lowest BCUT2D eigenvalue weighted by Crippen LogP contribution is -2.54. The van der Waals surface area contributed by atoms with Crippen molar-refractivity contribution in [3.05, 3.63) is 99.0 Å². The summed E-state index contributed by atoms with van der Waals surface area (Å²) in [6.07, 6.45) is 1.30. The summed E-state index contributed by atoms with van der Waals surface area (Å²) in [6, 6.07) is 16.1. The number of barbiturate groups is 1. The van der Waals surface area contributed by atoms with Gasteiger partial charge in [-0.15, -0.1) is 0 Å². The molecule has 0 spiro atoms. The number of halogens is 2. The van der Waals surface area contributed by atoms with Crippen molar-refractivity contribution in [1.82, 2.24) is 5.32 Å². The first-order chi connectivity index (χ1) is 16.7. The number of hydrogen-bond acceptors (Lipinski definition) is 5. The van der Waals surface area contributed by atoms with Crippen molar-refractivity contribution < 1.29 is 29.0 Å². The minimum absolute atomic E-state index is 0.0160. The summed E-state index contributed by atoms with van der Waals surface area (Å²) in [5, 5.41) is 12.0. The minimum Gasteiger partial charge on any atom is -0.487 e. The van der Waals surface area contributed by atoms with E-state index in [2.05, 4.69) is 5.32 Å². The number of benzene rings is 3. The third kappa shape index (κ3) is 5.34. The molecule has 35 heavy (non-hydrogen) atoms. The van der Waals surface area contributed by atoms with E-state index in [0.717, 1.165) is 10.5 Å². The Labute approximate surface area is 209 Å². The zero-order valence-corrected chi connectivity index (χ0v) is 19.3. The van der Waals surface area contributed by atoms with Crippen LogP contribution in [0.2, 0.25) is 10.0 Å². The molecule has 8 nitrogen and oxygen atoms in total. The number of nitrogens with zero attached hydrogens (tertiary/aromatic N) is 1. The summed E-state index contributed by atoms with van der Waals surface area (Å²) in [5.74, 6) is -2.49. The average molecular weight is 511 g/mol. The zero-order chi connectivity index (χ0) is 25.1. The van der Waals surface area contributed by atoms with Crippen LogP contribution in [0, 0.1) is 0 Å². The van der Waals surface area contributed by atoms with Gasteiger partial charge in [-0.25, -0.2) is 14.5 Å². The molecule has 1 saturated heterocycles. The van der Waals surface area contributed by atoms with E-state index in [1.807, 2.05) is 6.07 Å². The van der Waals surface area contributed by atoms with Crippen molar-refractivity contribution in [2.24, 2.45) is 0 Å². The van der Waals surface area contributed by atoms with E-state index in [0.29, 0.717) is 16.3 Å². The Balaban J connectivity index is 1.56. The van der Waals surface area contributed by atoms with Gasteiger partial charge in [-0.05, 0) is 65.7 Å². The highest BCUT2D eigenvalue weighted by molar-refractivity contribution is 6.39. The highest BCUT2D eigenvalue weighted by Gasteiger charge is 2.36. The summed E-state index contributed by atoms with van der Waals surface area (Å²) < 4.78 is 5.73. The lowest BCUT2D eigenvalue weighted by atomic mass is 10.1. The van der Waals surface area contributed by atoms with Crippen molar-refractivity contribution in [1.29, 1.82) is 0 Å². The third-order valence-corrected chi connectivity index (χ3v) is 5.55. The van der Waals surface area contributed by atoms with Crippen LogP contribution >= 0.6 is 23.2 Å². The van der Waals surface area contributed by atoms with Crippen LogP contribution in [0.4, 0.5) is 10.5 Å². The van der Waals surface area contributed by atoms with Gasteiger partial charge in [0.25, 0.3) is 11.8 Å². The Kier molecular flexibility index (Phi) is 6.86. The topological polar surface area (TPSA) is 113 Å².